The number of carbonyl (C=O) groups excluding carboxylic acids is 1. The number of amides is 1. The van der Waals surface area contributed by atoms with E-state index in [9.17, 15) is 4.79 Å². The third-order valence-electron chi connectivity index (χ3n) is 3.83. The molecule has 0 spiro atoms. The Bertz CT molecular complexity index is 237. The molecule has 0 aromatic heterocycles. The van der Waals surface area contributed by atoms with Gasteiger partial charge in [0.15, 0.2) is 0 Å². The fraction of sp³-hybridized carbons (Fsp3) is 0.923. The van der Waals surface area contributed by atoms with Gasteiger partial charge in [-0.25, -0.2) is 5.84 Å². The molecule has 0 aliphatic carbocycles. The zero-order chi connectivity index (χ0) is 13.4. The molecule has 0 saturated carbocycles. The molecule has 0 unspecified atom stereocenters. The lowest BCUT2D eigenvalue weighted by atomic mass is 10.0. The number of piperidine rings is 1. The van der Waals surface area contributed by atoms with Crippen LogP contribution >= 0.6 is 0 Å². The monoisotopic (exact) mass is 256 g/mol. The van der Waals surface area contributed by atoms with Gasteiger partial charge in [-0.15, -0.1) is 0 Å². The summed E-state index contributed by atoms with van der Waals surface area (Å²) in [5.74, 6) is 4.98. The van der Waals surface area contributed by atoms with E-state index in [1.54, 1.807) is 0 Å². The maximum Gasteiger partial charge on any atom is 0.233 e. The van der Waals surface area contributed by atoms with E-state index < -0.39 is 0 Å². The number of nitrogens with zero attached hydrogens (tertiary/aromatic N) is 2. The van der Waals surface area contributed by atoms with Crippen LogP contribution in [0, 0.1) is 0 Å². The molecule has 1 aliphatic heterocycles. The average molecular weight is 256 g/mol. The summed E-state index contributed by atoms with van der Waals surface area (Å²) in [7, 11) is 4.34. The highest BCUT2D eigenvalue weighted by molar-refractivity contribution is 5.74. The van der Waals surface area contributed by atoms with Crippen LogP contribution in [0.15, 0.2) is 0 Å². The third kappa shape index (κ3) is 5.80. The summed E-state index contributed by atoms with van der Waals surface area (Å²) >= 11 is 0. The topological polar surface area (TPSA) is 61.6 Å². The summed E-state index contributed by atoms with van der Waals surface area (Å²) in [6, 6.07) is 0.759. The summed E-state index contributed by atoms with van der Waals surface area (Å²) in [5.41, 5.74) is 2.17. The highest BCUT2D eigenvalue weighted by Gasteiger charge is 2.19. The molecule has 5 nitrogen and oxygen atoms in total. The summed E-state index contributed by atoms with van der Waals surface area (Å²) in [4.78, 5) is 15.8. The zero-order valence-corrected chi connectivity index (χ0v) is 11.8. The maximum atomic E-state index is 10.9. The first-order valence-electron chi connectivity index (χ1n) is 7.01. The van der Waals surface area contributed by atoms with Gasteiger partial charge in [0.2, 0.25) is 5.91 Å². The first-order chi connectivity index (χ1) is 8.63. The predicted molar refractivity (Wildman–Crippen MR) is 73.9 cm³/mol. The van der Waals surface area contributed by atoms with E-state index in [2.05, 4.69) is 29.3 Å². The van der Waals surface area contributed by atoms with E-state index in [4.69, 9.17) is 5.84 Å². The van der Waals surface area contributed by atoms with Crippen LogP contribution in [0.5, 0.6) is 0 Å². The fourth-order valence-electron chi connectivity index (χ4n) is 2.53. The molecular weight excluding hydrogens is 228 g/mol. The highest BCUT2D eigenvalue weighted by Crippen LogP contribution is 2.14. The number of hydrogen-bond donors (Lipinski definition) is 2. The van der Waals surface area contributed by atoms with E-state index in [0.717, 1.165) is 18.9 Å². The third-order valence-corrected chi connectivity index (χ3v) is 3.83. The van der Waals surface area contributed by atoms with Crippen molar-refractivity contribution in [1.82, 2.24) is 15.2 Å². The van der Waals surface area contributed by atoms with Crippen molar-refractivity contribution in [2.24, 2.45) is 5.84 Å². The standard InChI is InChI=1S/C13H28N4O/c1-16(2)12-7-10-17(11-8-12)9-5-3-4-6-13(18)15-14/h12H,3-11,14H2,1-2H3,(H,15,18). The molecule has 0 bridgehead atoms. The van der Waals surface area contributed by atoms with Crippen molar-refractivity contribution in [2.75, 3.05) is 33.7 Å². The molecule has 0 atom stereocenters. The summed E-state index contributed by atoms with van der Waals surface area (Å²) < 4.78 is 0. The summed E-state index contributed by atoms with van der Waals surface area (Å²) in [6.07, 6.45) is 6.35. The Morgan fingerprint density at radius 2 is 1.94 bits per heavy atom. The SMILES string of the molecule is CN(C)C1CCN(CCCCCC(=O)NN)CC1. The number of likely N-dealkylation sites (tertiary alicyclic amines) is 1. The van der Waals surface area contributed by atoms with Gasteiger partial charge in [-0.05, 0) is 59.4 Å². The molecule has 1 amide bonds. The van der Waals surface area contributed by atoms with Crippen LogP contribution in [-0.2, 0) is 4.79 Å². The van der Waals surface area contributed by atoms with Gasteiger partial charge in [0.1, 0.15) is 0 Å². The summed E-state index contributed by atoms with van der Waals surface area (Å²) in [6.45, 7) is 3.60. The molecule has 1 heterocycles. The van der Waals surface area contributed by atoms with Gasteiger partial charge < -0.3 is 9.80 Å². The van der Waals surface area contributed by atoms with Crippen molar-refractivity contribution in [2.45, 2.75) is 44.6 Å². The Balaban J connectivity index is 1.99. The van der Waals surface area contributed by atoms with Crippen LogP contribution < -0.4 is 11.3 Å². The van der Waals surface area contributed by atoms with Gasteiger partial charge in [0.05, 0.1) is 0 Å². The summed E-state index contributed by atoms with van der Waals surface area (Å²) in [5, 5.41) is 0. The van der Waals surface area contributed by atoms with E-state index in [0.29, 0.717) is 6.42 Å². The van der Waals surface area contributed by atoms with Crippen LogP contribution in [0.4, 0.5) is 0 Å². The molecule has 1 rings (SSSR count). The fourth-order valence-corrected chi connectivity index (χ4v) is 2.53. The molecule has 0 radical (unpaired) electrons. The van der Waals surface area contributed by atoms with Crippen molar-refractivity contribution in [3.63, 3.8) is 0 Å². The zero-order valence-electron chi connectivity index (χ0n) is 11.8. The molecule has 3 N–H and O–H groups in total. The molecule has 1 fully saturated rings. The minimum absolute atomic E-state index is 0.0539. The average Bonchev–Trinajstić information content (AvgIpc) is 2.38. The van der Waals surface area contributed by atoms with Crippen molar-refractivity contribution < 1.29 is 4.79 Å². The second-order valence-electron chi connectivity index (χ2n) is 5.41. The molecule has 18 heavy (non-hydrogen) atoms. The van der Waals surface area contributed by atoms with Crippen LogP contribution in [0.3, 0.4) is 0 Å². The number of unbranched alkanes of at least 4 members (excludes halogenated alkanes) is 2. The number of hydrazine groups is 1. The van der Waals surface area contributed by atoms with Crippen LogP contribution in [-0.4, -0.2) is 55.5 Å². The molecule has 0 aromatic rings. The quantitative estimate of drug-likeness (QED) is 0.302. The van der Waals surface area contributed by atoms with Crippen molar-refractivity contribution in [3.8, 4) is 0 Å². The molecule has 1 saturated heterocycles. The highest BCUT2D eigenvalue weighted by atomic mass is 16.2. The van der Waals surface area contributed by atoms with Crippen LogP contribution in [0.2, 0.25) is 0 Å². The van der Waals surface area contributed by atoms with Crippen molar-refractivity contribution in [1.29, 1.82) is 0 Å². The number of nitrogens with one attached hydrogen (secondary N) is 1. The smallest absolute Gasteiger partial charge is 0.233 e. The number of carbonyl (C=O) groups is 1. The van der Waals surface area contributed by atoms with E-state index in [1.807, 2.05) is 0 Å². The lowest BCUT2D eigenvalue weighted by molar-refractivity contribution is -0.121. The number of nitrogens with two attached hydrogens (primary N) is 1. The lowest BCUT2D eigenvalue weighted by Gasteiger charge is -2.35. The second kappa shape index (κ2) is 8.45. The Hall–Kier alpha value is -0.650. The number of rotatable bonds is 7. The van der Waals surface area contributed by atoms with Gasteiger partial charge in [0, 0.05) is 12.5 Å². The van der Waals surface area contributed by atoms with Gasteiger partial charge in [0.25, 0.3) is 0 Å². The molecule has 0 aromatic carbocycles. The van der Waals surface area contributed by atoms with Gasteiger partial charge in [-0.1, -0.05) is 6.42 Å². The number of hydrogen-bond acceptors (Lipinski definition) is 4. The predicted octanol–water partition coefficient (Wildman–Crippen LogP) is 0.563. The van der Waals surface area contributed by atoms with E-state index in [1.165, 1.54) is 38.9 Å². The maximum absolute atomic E-state index is 10.9. The Kier molecular flexibility index (Phi) is 7.23. The van der Waals surface area contributed by atoms with E-state index in [-0.39, 0.29) is 5.91 Å². The lowest BCUT2D eigenvalue weighted by Crippen LogP contribution is -2.42. The Labute approximate surface area is 111 Å². The Morgan fingerprint density at radius 1 is 1.28 bits per heavy atom. The molecule has 5 heteroatoms. The minimum atomic E-state index is -0.0539. The van der Waals surface area contributed by atoms with Crippen LogP contribution in [0.1, 0.15) is 38.5 Å². The molecule has 1 aliphatic rings. The molecular formula is C13H28N4O. The largest absolute Gasteiger partial charge is 0.306 e. The first-order valence-corrected chi connectivity index (χ1v) is 7.01. The normalized spacial score (nSPS) is 18.2. The minimum Gasteiger partial charge on any atom is -0.306 e. The van der Waals surface area contributed by atoms with Gasteiger partial charge in [-0.3, -0.25) is 10.2 Å². The van der Waals surface area contributed by atoms with Crippen molar-refractivity contribution >= 4 is 5.91 Å². The first kappa shape index (κ1) is 15.4. The Morgan fingerprint density at radius 3 is 2.50 bits per heavy atom. The van der Waals surface area contributed by atoms with E-state index >= 15 is 0 Å². The van der Waals surface area contributed by atoms with Gasteiger partial charge in [-0.2, -0.15) is 0 Å². The van der Waals surface area contributed by atoms with Crippen molar-refractivity contribution in [3.05, 3.63) is 0 Å². The molecule has 106 valence electrons. The van der Waals surface area contributed by atoms with Gasteiger partial charge >= 0.3 is 0 Å². The van der Waals surface area contributed by atoms with Crippen LogP contribution in [0.25, 0.3) is 0 Å². The second-order valence-corrected chi connectivity index (χ2v) is 5.41.